The van der Waals surface area contributed by atoms with E-state index in [0.717, 1.165) is 18.4 Å². The minimum absolute atomic E-state index is 0.0290. The number of hydrogen-bond donors (Lipinski definition) is 1. The van der Waals surface area contributed by atoms with E-state index in [0.29, 0.717) is 13.0 Å². The van der Waals surface area contributed by atoms with E-state index in [2.05, 4.69) is 5.32 Å². The molecule has 0 saturated carbocycles. The number of Topliss-reactive ketones (excluding diaryl/α,β-unsaturated/α-hetero) is 1. The maximum absolute atomic E-state index is 11.9. The van der Waals surface area contributed by atoms with Crippen molar-refractivity contribution >= 4 is 11.9 Å². The first-order chi connectivity index (χ1) is 9.13. The van der Waals surface area contributed by atoms with Gasteiger partial charge in [-0.15, -0.1) is 0 Å². The van der Waals surface area contributed by atoms with Crippen molar-refractivity contribution in [1.82, 2.24) is 5.32 Å². The average molecular weight is 263 g/mol. The van der Waals surface area contributed by atoms with Crippen LogP contribution in [0.15, 0.2) is 30.3 Å². The molecule has 1 rings (SSSR count). The number of amides is 1. The molecule has 0 aliphatic carbocycles. The minimum Gasteiger partial charge on any atom is -0.450 e. The lowest BCUT2D eigenvalue weighted by Crippen LogP contribution is -2.39. The Morgan fingerprint density at radius 2 is 1.95 bits per heavy atom. The lowest BCUT2D eigenvalue weighted by atomic mass is 10.1. The first kappa shape index (κ1) is 15.2. The van der Waals surface area contributed by atoms with Gasteiger partial charge in [-0.25, -0.2) is 4.79 Å². The van der Waals surface area contributed by atoms with Gasteiger partial charge < -0.3 is 10.1 Å². The molecule has 0 heterocycles. The van der Waals surface area contributed by atoms with Gasteiger partial charge in [0.15, 0.2) is 5.78 Å². The zero-order chi connectivity index (χ0) is 14.1. The normalized spacial score (nSPS) is 11.7. The van der Waals surface area contributed by atoms with E-state index in [1.807, 2.05) is 37.3 Å². The van der Waals surface area contributed by atoms with Crippen LogP contribution in [0.3, 0.4) is 0 Å². The van der Waals surface area contributed by atoms with Gasteiger partial charge in [0.1, 0.15) is 0 Å². The quantitative estimate of drug-likeness (QED) is 0.769. The zero-order valence-electron chi connectivity index (χ0n) is 11.5. The first-order valence-electron chi connectivity index (χ1n) is 6.63. The SMILES string of the molecule is CCCCOC(=O)NC(C)C(=O)Cc1ccccc1. The van der Waals surface area contributed by atoms with Crippen molar-refractivity contribution < 1.29 is 14.3 Å². The van der Waals surface area contributed by atoms with E-state index in [9.17, 15) is 9.59 Å². The number of unbranched alkanes of at least 4 members (excludes halogenated alkanes) is 1. The fourth-order valence-corrected chi connectivity index (χ4v) is 1.56. The van der Waals surface area contributed by atoms with Crippen LogP contribution in [0.4, 0.5) is 4.79 Å². The van der Waals surface area contributed by atoms with Crippen molar-refractivity contribution in [2.75, 3.05) is 6.61 Å². The number of carbonyl (C=O) groups excluding carboxylic acids is 2. The van der Waals surface area contributed by atoms with Crippen molar-refractivity contribution in [2.24, 2.45) is 0 Å². The van der Waals surface area contributed by atoms with E-state index in [1.54, 1.807) is 6.92 Å². The second kappa shape index (κ2) is 8.29. The topological polar surface area (TPSA) is 55.4 Å². The third kappa shape index (κ3) is 6.04. The molecule has 4 heteroatoms. The highest BCUT2D eigenvalue weighted by Crippen LogP contribution is 2.02. The molecule has 0 radical (unpaired) electrons. The molecule has 0 aromatic heterocycles. The number of rotatable bonds is 7. The van der Waals surface area contributed by atoms with Crippen LogP contribution in [-0.2, 0) is 16.0 Å². The second-order valence-electron chi connectivity index (χ2n) is 4.48. The Kier molecular flexibility index (Phi) is 6.64. The summed E-state index contributed by atoms with van der Waals surface area (Å²) >= 11 is 0. The number of nitrogens with one attached hydrogen (secondary N) is 1. The Hall–Kier alpha value is -1.84. The van der Waals surface area contributed by atoms with Gasteiger partial charge in [0.05, 0.1) is 12.6 Å². The molecule has 1 unspecified atom stereocenters. The molecule has 1 N–H and O–H groups in total. The van der Waals surface area contributed by atoms with Crippen LogP contribution in [0.5, 0.6) is 0 Å². The number of hydrogen-bond acceptors (Lipinski definition) is 3. The van der Waals surface area contributed by atoms with Crippen LogP contribution in [0, 0.1) is 0 Å². The Bertz CT molecular complexity index is 403. The maximum Gasteiger partial charge on any atom is 0.407 e. The average Bonchev–Trinajstić information content (AvgIpc) is 2.40. The van der Waals surface area contributed by atoms with E-state index in [1.165, 1.54) is 0 Å². The second-order valence-corrected chi connectivity index (χ2v) is 4.48. The summed E-state index contributed by atoms with van der Waals surface area (Å²) in [6.45, 7) is 4.08. The molecule has 0 saturated heterocycles. The van der Waals surface area contributed by atoms with Crippen LogP contribution in [0.1, 0.15) is 32.3 Å². The van der Waals surface area contributed by atoms with Crippen LogP contribution in [0.25, 0.3) is 0 Å². The molecule has 4 nitrogen and oxygen atoms in total. The van der Waals surface area contributed by atoms with Crippen molar-refractivity contribution in [1.29, 1.82) is 0 Å². The van der Waals surface area contributed by atoms with E-state index in [4.69, 9.17) is 4.74 Å². The van der Waals surface area contributed by atoms with Crippen LogP contribution in [-0.4, -0.2) is 24.5 Å². The molecule has 0 fully saturated rings. The smallest absolute Gasteiger partial charge is 0.407 e. The molecular weight excluding hydrogens is 242 g/mol. The number of benzene rings is 1. The highest BCUT2D eigenvalue weighted by molar-refractivity contribution is 5.88. The summed E-state index contributed by atoms with van der Waals surface area (Å²) in [7, 11) is 0. The third-order valence-electron chi connectivity index (χ3n) is 2.77. The van der Waals surface area contributed by atoms with Crippen LogP contribution in [0.2, 0.25) is 0 Å². The van der Waals surface area contributed by atoms with E-state index in [-0.39, 0.29) is 5.78 Å². The van der Waals surface area contributed by atoms with E-state index >= 15 is 0 Å². The van der Waals surface area contributed by atoms with Crippen molar-refractivity contribution in [3.05, 3.63) is 35.9 Å². The number of ketones is 1. The van der Waals surface area contributed by atoms with Crippen molar-refractivity contribution in [2.45, 2.75) is 39.2 Å². The van der Waals surface area contributed by atoms with Gasteiger partial charge in [-0.1, -0.05) is 43.7 Å². The molecule has 0 aliphatic rings. The first-order valence-corrected chi connectivity index (χ1v) is 6.63. The summed E-state index contributed by atoms with van der Waals surface area (Å²) < 4.78 is 4.95. The molecule has 1 amide bonds. The monoisotopic (exact) mass is 263 g/mol. The molecule has 1 aromatic rings. The zero-order valence-corrected chi connectivity index (χ0v) is 11.5. The maximum atomic E-state index is 11.9. The fourth-order valence-electron chi connectivity index (χ4n) is 1.56. The Morgan fingerprint density at radius 1 is 1.26 bits per heavy atom. The molecular formula is C15H21NO3. The molecule has 0 spiro atoms. The van der Waals surface area contributed by atoms with Gasteiger partial charge >= 0.3 is 6.09 Å². The van der Waals surface area contributed by atoms with Crippen LogP contribution < -0.4 is 5.32 Å². The Morgan fingerprint density at radius 3 is 2.58 bits per heavy atom. The lowest BCUT2D eigenvalue weighted by Gasteiger charge is -2.13. The summed E-state index contributed by atoms with van der Waals surface area (Å²) in [6, 6.07) is 8.93. The fraction of sp³-hybridized carbons (Fsp3) is 0.467. The molecule has 1 atom stereocenters. The lowest BCUT2D eigenvalue weighted by molar-refractivity contribution is -0.119. The summed E-state index contributed by atoms with van der Waals surface area (Å²) in [6.07, 6.45) is 1.59. The standard InChI is InChI=1S/C15H21NO3/c1-3-4-10-19-15(18)16-12(2)14(17)11-13-8-6-5-7-9-13/h5-9,12H,3-4,10-11H2,1-2H3,(H,16,18). The number of ether oxygens (including phenoxy) is 1. The molecule has 19 heavy (non-hydrogen) atoms. The van der Waals surface area contributed by atoms with Gasteiger partial charge in [0, 0.05) is 6.42 Å². The van der Waals surface area contributed by atoms with Gasteiger partial charge in [0.25, 0.3) is 0 Å². The summed E-state index contributed by atoms with van der Waals surface area (Å²) in [4.78, 5) is 23.3. The summed E-state index contributed by atoms with van der Waals surface area (Å²) in [5.74, 6) is -0.0290. The van der Waals surface area contributed by atoms with Gasteiger partial charge in [-0.3, -0.25) is 4.79 Å². The molecule has 104 valence electrons. The Balaban J connectivity index is 2.34. The number of alkyl carbamates (subject to hydrolysis) is 1. The van der Waals surface area contributed by atoms with E-state index < -0.39 is 12.1 Å². The van der Waals surface area contributed by atoms with Crippen LogP contribution >= 0.6 is 0 Å². The summed E-state index contributed by atoms with van der Waals surface area (Å²) in [5.41, 5.74) is 0.945. The van der Waals surface area contributed by atoms with Crippen molar-refractivity contribution in [3.63, 3.8) is 0 Å². The predicted molar refractivity (Wildman–Crippen MR) is 74.0 cm³/mol. The van der Waals surface area contributed by atoms with Gasteiger partial charge in [0.2, 0.25) is 0 Å². The predicted octanol–water partition coefficient (Wildman–Crippen LogP) is 2.71. The highest BCUT2D eigenvalue weighted by Gasteiger charge is 2.16. The van der Waals surface area contributed by atoms with Crippen molar-refractivity contribution in [3.8, 4) is 0 Å². The van der Waals surface area contributed by atoms with Gasteiger partial charge in [-0.2, -0.15) is 0 Å². The number of carbonyl (C=O) groups is 2. The highest BCUT2D eigenvalue weighted by atomic mass is 16.5. The molecule has 0 bridgehead atoms. The summed E-state index contributed by atoms with van der Waals surface area (Å²) in [5, 5.41) is 2.55. The van der Waals surface area contributed by atoms with Gasteiger partial charge in [-0.05, 0) is 18.9 Å². The molecule has 0 aliphatic heterocycles. The largest absolute Gasteiger partial charge is 0.450 e. The Labute approximate surface area is 114 Å². The minimum atomic E-state index is -0.533. The molecule has 1 aromatic carbocycles. The third-order valence-corrected chi connectivity index (χ3v) is 2.77.